The maximum atomic E-state index is 5.21. The van der Waals surface area contributed by atoms with Crippen molar-refractivity contribution < 1.29 is 0 Å². The van der Waals surface area contributed by atoms with Gasteiger partial charge in [0.2, 0.25) is 0 Å². The second-order valence-electron chi connectivity index (χ2n) is 11.3. The molecule has 1 aliphatic carbocycles. The summed E-state index contributed by atoms with van der Waals surface area (Å²) < 4.78 is 0. The number of benzene rings is 4. The summed E-state index contributed by atoms with van der Waals surface area (Å²) in [6.07, 6.45) is 0. The highest BCUT2D eigenvalue weighted by atomic mass is 14.8. The second-order valence-corrected chi connectivity index (χ2v) is 11.3. The highest BCUT2D eigenvalue weighted by Gasteiger charge is 2.35. The molecule has 7 aromatic rings. The first-order valence-corrected chi connectivity index (χ1v) is 14.0. The quantitative estimate of drug-likeness (QED) is 0.216. The largest absolute Gasteiger partial charge is 0.246 e. The average molecular weight is 526 g/mol. The van der Waals surface area contributed by atoms with Crippen molar-refractivity contribution in [1.82, 2.24) is 15.0 Å². The molecule has 0 saturated carbocycles. The normalized spacial score (nSPS) is 13.3. The van der Waals surface area contributed by atoms with Gasteiger partial charge in [-0.2, -0.15) is 0 Å². The lowest BCUT2D eigenvalue weighted by Gasteiger charge is -2.21. The van der Waals surface area contributed by atoms with Gasteiger partial charge in [0.1, 0.15) is 0 Å². The zero-order valence-electron chi connectivity index (χ0n) is 23.0. The molecule has 3 heterocycles. The van der Waals surface area contributed by atoms with Crippen molar-refractivity contribution in [3.8, 4) is 45.0 Å². The van der Waals surface area contributed by atoms with E-state index in [0.717, 1.165) is 55.7 Å². The molecule has 0 fully saturated rings. The molecular weight excluding hydrogens is 498 g/mol. The van der Waals surface area contributed by atoms with Gasteiger partial charge in [-0.3, -0.25) is 0 Å². The number of nitrogens with zero attached hydrogens (tertiary/aromatic N) is 3. The van der Waals surface area contributed by atoms with Crippen molar-refractivity contribution in [2.45, 2.75) is 19.3 Å². The second kappa shape index (κ2) is 8.94. The summed E-state index contributed by atoms with van der Waals surface area (Å²) in [5.74, 6) is 0. The minimum Gasteiger partial charge on any atom is -0.246 e. The summed E-state index contributed by atoms with van der Waals surface area (Å²) >= 11 is 0. The molecule has 1 aliphatic rings. The topological polar surface area (TPSA) is 38.7 Å². The van der Waals surface area contributed by atoms with Gasteiger partial charge >= 0.3 is 0 Å². The number of hydrogen-bond donors (Lipinski definition) is 0. The third kappa shape index (κ3) is 3.77. The smallest absolute Gasteiger partial charge is 0.0973 e. The van der Waals surface area contributed by atoms with Crippen LogP contribution in [-0.2, 0) is 5.41 Å². The third-order valence-electron chi connectivity index (χ3n) is 8.48. The lowest BCUT2D eigenvalue weighted by atomic mass is 9.82. The fourth-order valence-corrected chi connectivity index (χ4v) is 6.28. The number of fused-ring (bicyclic) bond motifs is 6. The highest BCUT2D eigenvalue weighted by Crippen LogP contribution is 2.49. The fourth-order valence-electron chi connectivity index (χ4n) is 6.28. The Morgan fingerprint density at radius 1 is 0.415 bits per heavy atom. The van der Waals surface area contributed by atoms with Crippen LogP contribution in [0.3, 0.4) is 0 Å². The summed E-state index contributed by atoms with van der Waals surface area (Å²) in [6.45, 7) is 4.63. The minimum absolute atomic E-state index is 0.0524. The van der Waals surface area contributed by atoms with E-state index in [-0.39, 0.29) is 5.41 Å². The molecule has 0 radical (unpaired) electrons. The molecule has 0 bridgehead atoms. The van der Waals surface area contributed by atoms with E-state index in [9.17, 15) is 0 Å². The summed E-state index contributed by atoms with van der Waals surface area (Å²) in [5.41, 5.74) is 12.9. The summed E-state index contributed by atoms with van der Waals surface area (Å²) in [5, 5.41) is 2.14. The first-order valence-electron chi connectivity index (χ1n) is 14.0. The van der Waals surface area contributed by atoms with Crippen molar-refractivity contribution in [2.75, 3.05) is 0 Å². The van der Waals surface area contributed by atoms with Crippen LogP contribution in [0.15, 0.2) is 127 Å². The van der Waals surface area contributed by atoms with Crippen LogP contribution < -0.4 is 0 Å². The molecule has 3 heteroatoms. The van der Waals surface area contributed by atoms with Crippen LogP contribution in [0.5, 0.6) is 0 Å². The lowest BCUT2D eigenvalue weighted by molar-refractivity contribution is 0.660. The minimum atomic E-state index is -0.0524. The molecule has 0 atom stereocenters. The Morgan fingerprint density at radius 2 is 1.00 bits per heavy atom. The maximum Gasteiger partial charge on any atom is 0.0973 e. The van der Waals surface area contributed by atoms with Crippen LogP contribution in [0.25, 0.3) is 66.8 Å². The molecule has 3 nitrogen and oxygen atoms in total. The van der Waals surface area contributed by atoms with Crippen LogP contribution in [0.2, 0.25) is 0 Å². The van der Waals surface area contributed by atoms with E-state index in [1.165, 1.54) is 22.3 Å². The summed E-state index contributed by atoms with van der Waals surface area (Å²) in [6, 6.07) is 44.6. The first-order chi connectivity index (χ1) is 20.1. The van der Waals surface area contributed by atoms with E-state index in [4.69, 9.17) is 15.0 Å². The van der Waals surface area contributed by atoms with Crippen molar-refractivity contribution in [2.24, 2.45) is 0 Å². The highest BCUT2D eigenvalue weighted by molar-refractivity contribution is 6.04. The number of aromatic nitrogens is 3. The van der Waals surface area contributed by atoms with E-state index < -0.39 is 0 Å². The van der Waals surface area contributed by atoms with Crippen molar-refractivity contribution >= 4 is 21.8 Å². The van der Waals surface area contributed by atoms with E-state index >= 15 is 0 Å². The van der Waals surface area contributed by atoms with E-state index in [1.807, 2.05) is 36.4 Å². The number of hydrogen-bond acceptors (Lipinski definition) is 3. The van der Waals surface area contributed by atoms with Crippen LogP contribution >= 0.6 is 0 Å². The van der Waals surface area contributed by atoms with Gasteiger partial charge in [-0.15, -0.1) is 0 Å². The number of pyridine rings is 3. The van der Waals surface area contributed by atoms with Crippen LogP contribution in [0.4, 0.5) is 0 Å². The Morgan fingerprint density at radius 3 is 1.80 bits per heavy atom. The molecule has 8 rings (SSSR count). The Kier molecular flexibility index (Phi) is 5.17. The monoisotopic (exact) mass is 525 g/mol. The first kappa shape index (κ1) is 23.7. The zero-order chi connectivity index (χ0) is 27.6. The van der Waals surface area contributed by atoms with Gasteiger partial charge in [0.25, 0.3) is 0 Å². The molecule has 0 N–H and O–H groups in total. The zero-order valence-corrected chi connectivity index (χ0v) is 23.0. The molecule has 0 unspecified atom stereocenters. The predicted molar refractivity (Wildman–Crippen MR) is 169 cm³/mol. The molecule has 0 aliphatic heterocycles. The molecule has 0 amide bonds. The molecule has 4 aromatic carbocycles. The van der Waals surface area contributed by atoms with Gasteiger partial charge in [0, 0.05) is 27.3 Å². The standard InChI is InChI=1S/C38H27N3/c1-38(2)30-12-7-6-11-28(30)29-20-17-27(23-31(29)38)33-21-18-25-15-16-26-19-22-35(41-37(26)36(25)40-33)34-14-8-13-32(39-34)24-9-4-3-5-10-24/h3-23H,1-2H3. The van der Waals surface area contributed by atoms with E-state index in [1.54, 1.807) is 0 Å². The molecule has 0 spiro atoms. The third-order valence-corrected chi connectivity index (χ3v) is 8.48. The molecule has 0 saturated heterocycles. The van der Waals surface area contributed by atoms with Crippen LogP contribution in [0.1, 0.15) is 25.0 Å². The van der Waals surface area contributed by atoms with Crippen LogP contribution in [-0.4, -0.2) is 15.0 Å². The molecule has 194 valence electrons. The fraction of sp³-hybridized carbons (Fsp3) is 0.0789. The van der Waals surface area contributed by atoms with Gasteiger partial charge in [0.05, 0.1) is 33.8 Å². The van der Waals surface area contributed by atoms with Crippen LogP contribution in [0, 0.1) is 0 Å². The van der Waals surface area contributed by atoms with Gasteiger partial charge in [0.15, 0.2) is 0 Å². The lowest BCUT2D eigenvalue weighted by Crippen LogP contribution is -2.14. The number of rotatable bonds is 3. The predicted octanol–water partition coefficient (Wildman–Crippen LogP) is 9.49. The van der Waals surface area contributed by atoms with Gasteiger partial charge < -0.3 is 0 Å². The summed E-state index contributed by atoms with van der Waals surface area (Å²) in [7, 11) is 0. The van der Waals surface area contributed by atoms with Crippen molar-refractivity contribution in [3.63, 3.8) is 0 Å². The van der Waals surface area contributed by atoms with Gasteiger partial charge in [-0.25, -0.2) is 15.0 Å². The average Bonchev–Trinajstić information content (AvgIpc) is 3.27. The molecule has 3 aromatic heterocycles. The Balaban J connectivity index is 1.25. The van der Waals surface area contributed by atoms with Gasteiger partial charge in [-0.05, 0) is 52.6 Å². The maximum absolute atomic E-state index is 5.21. The van der Waals surface area contributed by atoms with Gasteiger partial charge in [-0.1, -0.05) is 111 Å². The Bertz CT molecular complexity index is 2130. The van der Waals surface area contributed by atoms with Crippen molar-refractivity contribution in [1.29, 1.82) is 0 Å². The molecular formula is C38H27N3. The molecule has 41 heavy (non-hydrogen) atoms. The van der Waals surface area contributed by atoms with Crippen molar-refractivity contribution in [3.05, 3.63) is 139 Å². The Hall–Kier alpha value is -5.15. The van der Waals surface area contributed by atoms with E-state index in [0.29, 0.717) is 0 Å². The Labute approximate surface area is 239 Å². The summed E-state index contributed by atoms with van der Waals surface area (Å²) in [4.78, 5) is 15.3. The SMILES string of the molecule is CC1(C)c2ccccc2-c2ccc(-c3ccc4ccc5ccc(-c6cccc(-c7ccccc7)n6)nc5c4n3)cc21. The van der Waals surface area contributed by atoms with E-state index in [2.05, 4.69) is 105 Å².